The summed E-state index contributed by atoms with van der Waals surface area (Å²) in [5.41, 5.74) is -4.12. The molecule has 3 N–H and O–H groups in total. The Morgan fingerprint density at radius 3 is 2.41 bits per heavy atom. The maximum Gasteiger partial charge on any atom is 0.419 e. The van der Waals surface area contributed by atoms with Crippen LogP contribution >= 0.6 is 11.8 Å². The fraction of sp³-hybridized carbons (Fsp3) is 0.917. The Kier molecular flexibility index (Phi) is 3.88. The standard InChI is InChI=1S/C12H17F3N2O4S/c1-11(20,12(13,14)15)8-7(19)6(18)5-9(21-8)22-10(16-5)17-3-2-4-17/h5-9,18-20H,2-4H2,1H3/t5-,6-,7+,8+,9-,11-/m1/s1. The van der Waals surface area contributed by atoms with Crippen molar-refractivity contribution in [3.05, 3.63) is 0 Å². The van der Waals surface area contributed by atoms with Crippen LogP contribution < -0.4 is 0 Å². The zero-order valence-electron chi connectivity index (χ0n) is 11.7. The van der Waals surface area contributed by atoms with Gasteiger partial charge in [0, 0.05) is 13.1 Å². The second kappa shape index (κ2) is 5.23. The van der Waals surface area contributed by atoms with Crippen LogP contribution in [0.1, 0.15) is 13.3 Å². The SMILES string of the molecule is C[C@@](O)([C@H]1O[C@@H]2SC(N3CCC3)=N[C@@H]2[C@@H](O)[C@@H]1O)C(F)(F)F. The van der Waals surface area contributed by atoms with Gasteiger partial charge in [0.05, 0.1) is 0 Å². The van der Waals surface area contributed by atoms with Crippen molar-refractivity contribution < 1.29 is 33.2 Å². The molecule has 0 aliphatic carbocycles. The van der Waals surface area contributed by atoms with Crippen molar-refractivity contribution in [2.75, 3.05) is 13.1 Å². The number of aliphatic imine (C=N–C) groups is 1. The van der Waals surface area contributed by atoms with Gasteiger partial charge in [-0.3, -0.25) is 4.99 Å². The molecular formula is C12H17F3N2O4S. The number of hydrogen-bond acceptors (Lipinski definition) is 7. The molecule has 6 nitrogen and oxygen atoms in total. The van der Waals surface area contributed by atoms with Gasteiger partial charge in [0.15, 0.2) is 10.8 Å². The molecule has 3 rings (SSSR count). The molecule has 0 aromatic carbocycles. The minimum absolute atomic E-state index is 0.532. The Morgan fingerprint density at radius 1 is 1.27 bits per heavy atom. The third-order valence-corrected chi connectivity index (χ3v) is 5.50. The van der Waals surface area contributed by atoms with E-state index in [-0.39, 0.29) is 0 Å². The van der Waals surface area contributed by atoms with Crippen molar-refractivity contribution in [3.63, 3.8) is 0 Å². The maximum atomic E-state index is 13.0. The Balaban J connectivity index is 1.80. The van der Waals surface area contributed by atoms with Crippen LogP contribution in [-0.2, 0) is 4.74 Å². The number of fused-ring (bicyclic) bond motifs is 1. The Labute approximate surface area is 129 Å². The lowest BCUT2D eigenvalue weighted by molar-refractivity contribution is -0.317. The molecule has 0 aromatic heterocycles. The van der Waals surface area contributed by atoms with Gasteiger partial charge in [-0.25, -0.2) is 0 Å². The van der Waals surface area contributed by atoms with E-state index in [1.807, 2.05) is 4.90 Å². The third kappa shape index (κ3) is 2.41. The quantitative estimate of drug-likeness (QED) is 0.618. The van der Waals surface area contributed by atoms with Gasteiger partial charge in [0.25, 0.3) is 0 Å². The minimum Gasteiger partial charge on any atom is -0.388 e. The van der Waals surface area contributed by atoms with Gasteiger partial charge in [0.2, 0.25) is 0 Å². The summed E-state index contributed by atoms with van der Waals surface area (Å²) < 4.78 is 44.2. The fourth-order valence-electron chi connectivity index (χ4n) is 2.63. The molecule has 0 saturated carbocycles. The molecule has 2 saturated heterocycles. The molecule has 3 aliphatic heterocycles. The number of aliphatic hydroxyl groups is 3. The lowest BCUT2D eigenvalue weighted by Crippen LogP contribution is -2.66. The summed E-state index contributed by atoms with van der Waals surface area (Å²) in [5.74, 6) is 0. The maximum absolute atomic E-state index is 13.0. The first-order valence-corrected chi connectivity index (χ1v) is 7.81. The summed E-state index contributed by atoms with van der Waals surface area (Å²) in [7, 11) is 0. The first-order chi connectivity index (χ1) is 10.1. The fourth-order valence-corrected chi connectivity index (χ4v) is 3.89. The predicted molar refractivity (Wildman–Crippen MR) is 72.4 cm³/mol. The largest absolute Gasteiger partial charge is 0.419 e. The molecule has 22 heavy (non-hydrogen) atoms. The smallest absolute Gasteiger partial charge is 0.388 e. The number of likely N-dealkylation sites (tertiary alicyclic amines) is 1. The minimum atomic E-state index is -4.99. The van der Waals surface area contributed by atoms with Crippen LogP contribution in [-0.4, -0.2) is 80.0 Å². The summed E-state index contributed by atoms with van der Waals surface area (Å²) >= 11 is 1.12. The van der Waals surface area contributed by atoms with Crippen molar-refractivity contribution in [1.82, 2.24) is 4.90 Å². The molecule has 3 heterocycles. The predicted octanol–water partition coefficient (Wildman–Crippen LogP) is -0.0765. The molecule has 10 heteroatoms. The number of amidine groups is 1. The van der Waals surface area contributed by atoms with Gasteiger partial charge in [0.1, 0.15) is 29.8 Å². The number of hydrogen-bond donors (Lipinski definition) is 3. The second-order valence-electron chi connectivity index (χ2n) is 5.91. The van der Waals surface area contributed by atoms with Gasteiger partial charge < -0.3 is 25.0 Å². The highest BCUT2D eigenvalue weighted by molar-refractivity contribution is 8.14. The van der Waals surface area contributed by atoms with Crippen LogP contribution in [0.4, 0.5) is 13.2 Å². The Morgan fingerprint density at radius 2 is 1.91 bits per heavy atom. The van der Waals surface area contributed by atoms with E-state index in [2.05, 4.69) is 4.99 Å². The lowest BCUT2D eigenvalue weighted by Gasteiger charge is -2.44. The van der Waals surface area contributed by atoms with Crippen molar-refractivity contribution in [3.8, 4) is 0 Å². The number of ether oxygens (including phenoxy) is 1. The van der Waals surface area contributed by atoms with E-state index in [9.17, 15) is 28.5 Å². The van der Waals surface area contributed by atoms with E-state index in [4.69, 9.17) is 4.74 Å². The van der Waals surface area contributed by atoms with Gasteiger partial charge in [-0.15, -0.1) is 0 Å². The van der Waals surface area contributed by atoms with Gasteiger partial charge in [-0.05, 0) is 13.3 Å². The van der Waals surface area contributed by atoms with Gasteiger partial charge in [-0.1, -0.05) is 11.8 Å². The van der Waals surface area contributed by atoms with Gasteiger partial charge in [-0.2, -0.15) is 13.2 Å². The average molecular weight is 342 g/mol. The molecule has 0 aromatic rings. The second-order valence-corrected chi connectivity index (χ2v) is 6.98. The van der Waals surface area contributed by atoms with Crippen LogP contribution in [0.15, 0.2) is 4.99 Å². The first kappa shape index (κ1) is 16.3. The summed E-state index contributed by atoms with van der Waals surface area (Å²) in [5, 5.41) is 30.4. The summed E-state index contributed by atoms with van der Waals surface area (Å²) in [6.07, 6.45) is -9.36. The number of rotatable bonds is 1. The summed E-state index contributed by atoms with van der Waals surface area (Å²) in [4.78, 5) is 6.18. The van der Waals surface area contributed by atoms with Crippen LogP contribution in [0.5, 0.6) is 0 Å². The van der Waals surface area contributed by atoms with Crippen molar-refractivity contribution in [1.29, 1.82) is 0 Å². The highest BCUT2D eigenvalue weighted by Crippen LogP contribution is 2.44. The first-order valence-electron chi connectivity index (χ1n) is 6.93. The van der Waals surface area contributed by atoms with Crippen molar-refractivity contribution in [2.24, 2.45) is 4.99 Å². The zero-order chi connectivity index (χ0) is 16.3. The van der Waals surface area contributed by atoms with Crippen LogP contribution in [0.3, 0.4) is 0 Å². The van der Waals surface area contributed by atoms with E-state index >= 15 is 0 Å². The monoisotopic (exact) mass is 342 g/mol. The Bertz CT molecular complexity index is 483. The zero-order valence-corrected chi connectivity index (χ0v) is 12.5. The number of alkyl halides is 3. The molecule has 0 unspecified atom stereocenters. The summed E-state index contributed by atoms with van der Waals surface area (Å²) in [6.45, 7) is 2.13. The molecule has 2 fully saturated rings. The molecule has 0 bridgehead atoms. The van der Waals surface area contributed by atoms with Crippen molar-refractivity contribution >= 4 is 16.9 Å². The normalized spacial score (nSPS) is 41.5. The molecular weight excluding hydrogens is 325 g/mol. The van der Waals surface area contributed by atoms with E-state index in [1.165, 1.54) is 0 Å². The van der Waals surface area contributed by atoms with E-state index in [1.54, 1.807) is 0 Å². The average Bonchev–Trinajstić information content (AvgIpc) is 2.73. The lowest BCUT2D eigenvalue weighted by atomic mass is 9.87. The number of thioether (sulfide) groups is 1. The van der Waals surface area contributed by atoms with E-state index < -0.39 is 41.6 Å². The molecule has 3 aliphatic rings. The summed E-state index contributed by atoms with van der Waals surface area (Å²) in [6, 6.07) is -0.837. The van der Waals surface area contributed by atoms with Gasteiger partial charge >= 0.3 is 6.18 Å². The third-order valence-electron chi connectivity index (χ3n) is 4.31. The molecule has 6 atom stereocenters. The van der Waals surface area contributed by atoms with Crippen molar-refractivity contribution in [2.45, 2.75) is 54.9 Å². The van der Waals surface area contributed by atoms with Crippen LogP contribution in [0.2, 0.25) is 0 Å². The number of nitrogens with zero attached hydrogens (tertiary/aromatic N) is 2. The van der Waals surface area contributed by atoms with E-state index in [0.717, 1.165) is 31.3 Å². The molecule has 126 valence electrons. The molecule has 0 amide bonds. The van der Waals surface area contributed by atoms with E-state index in [0.29, 0.717) is 12.1 Å². The highest BCUT2D eigenvalue weighted by Gasteiger charge is 2.63. The molecule has 0 spiro atoms. The number of aliphatic hydroxyl groups excluding tert-OH is 2. The Hall–Kier alpha value is -0.550. The van der Waals surface area contributed by atoms with Crippen LogP contribution in [0.25, 0.3) is 0 Å². The molecule has 0 radical (unpaired) electrons. The van der Waals surface area contributed by atoms with Crippen LogP contribution in [0, 0.1) is 0 Å². The number of halogens is 3. The topological polar surface area (TPSA) is 85.5 Å². The highest BCUT2D eigenvalue weighted by atomic mass is 32.2.